The molecule has 2 heterocycles. The Morgan fingerprint density at radius 3 is 2.65 bits per heavy atom. The molecule has 0 spiro atoms. The van der Waals surface area contributed by atoms with Crippen molar-refractivity contribution in [2.75, 3.05) is 19.6 Å². The average Bonchev–Trinajstić information content (AvgIpc) is 3.26. The van der Waals surface area contributed by atoms with Crippen molar-refractivity contribution in [3.63, 3.8) is 0 Å². The molecule has 3 rings (SSSR count). The molecule has 0 amide bonds. The van der Waals surface area contributed by atoms with Crippen LogP contribution in [-0.4, -0.2) is 46.2 Å². The first-order valence-corrected chi connectivity index (χ1v) is 8.14. The number of aromatic nitrogens is 1. The summed E-state index contributed by atoms with van der Waals surface area (Å²) in [7, 11) is 0. The third-order valence-corrected chi connectivity index (χ3v) is 4.49. The molecule has 1 aliphatic heterocycles. The second-order valence-corrected chi connectivity index (χ2v) is 6.14. The molecular formula is C18H22N2O3. The van der Waals surface area contributed by atoms with Crippen LogP contribution >= 0.6 is 0 Å². The van der Waals surface area contributed by atoms with E-state index in [2.05, 4.69) is 10.1 Å². The number of likely N-dealkylation sites (tertiary alicyclic amines) is 1. The van der Waals surface area contributed by atoms with Crippen molar-refractivity contribution in [1.29, 1.82) is 0 Å². The molecule has 1 aromatic heterocycles. The fourth-order valence-electron chi connectivity index (χ4n) is 3.01. The van der Waals surface area contributed by atoms with Crippen molar-refractivity contribution in [3.05, 3.63) is 42.2 Å². The Balaban J connectivity index is 1.79. The molecule has 1 aliphatic rings. The minimum atomic E-state index is -1.42. The van der Waals surface area contributed by atoms with Gasteiger partial charge in [-0.2, -0.15) is 0 Å². The highest BCUT2D eigenvalue weighted by atomic mass is 16.5. The molecule has 5 nitrogen and oxygen atoms in total. The summed E-state index contributed by atoms with van der Waals surface area (Å²) in [6.45, 7) is 4.04. The maximum absolute atomic E-state index is 12.7. The van der Waals surface area contributed by atoms with Gasteiger partial charge in [-0.15, -0.1) is 0 Å². The number of carbonyl (C=O) groups excluding carboxylic acids is 1. The van der Waals surface area contributed by atoms with Gasteiger partial charge in [0, 0.05) is 18.2 Å². The van der Waals surface area contributed by atoms with Gasteiger partial charge in [0.2, 0.25) is 11.5 Å². The standard InChI is InChI=1S/C18H22N2O3/c1-2-18(22,13-20-10-6-7-11-20)17(21)16-12-15(19-23-16)14-8-4-3-5-9-14/h3-5,8-9,12,22H,2,6-7,10-11,13H2,1H3. The molecule has 0 saturated carbocycles. The summed E-state index contributed by atoms with van der Waals surface area (Å²) in [5.41, 5.74) is 0.0705. The summed E-state index contributed by atoms with van der Waals surface area (Å²) in [6, 6.07) is 11.1. The van der Waals surface area contributed by atoms with Crippen molar-refractivity contribution in [2.45, 2.75) is 31.8 Å². The predicted octanol–water partition coefficient (Wildman–Crippen LogP) is 2.76. The first-order chi connectivity index (χ1) is 11.1. The van der Waals surface area contributed by atoms with Crippen LogP contribution in [0.15, 0.2) is 40.9 Å². The van der Waals surface area contributed by atoms with Crippen LogP contribution < -0.4 is 0 Å². The van der Waals surface area contributed by atoms with Gasteiger partial charge in [-0.25, -0.2) is 0 Å². The Bertz CT molecular complexity index is 662. The van der Waals surface area contributed by atoms with Gasteiger partial charge < -0.3 is 9.63 Å². The van der Waals surface area contributed by atoms with Crippen LogP contribution in [-0.2, 0) is 0 Å². The molecular weight excluding hydrogens is 292 g/mol. The first kappa shape index (κ1) is 15.9. The third-order valence-electron chi connectivity index (χ3n) is 4.49. The molecule has 1 N–H and O–H groups in total. The lowest BCUT2D eigenvalue weighted by molar-refractivity contribution is 0.00955. The van der Waals surface area contributed by atoms with E-state index in [0.717, 1.165) is 31.5 Å². The van der Waals surface area contributed by atoms with E-state index in [4.69, 9.17) is 4.52 Å². The number of β-amino-alcohol motifs (C(OH)–C–C–N with tert-alkyl or cyclic N) is 1. The minimum Gasteiger partial charge on any atom is -0.380 e. The fourth-order valence-corrected chi connectivity index (χ4v) is 3.01. The number of hydrogen-bond acceptors (Lipinski definition) is 5. The molecule has 1 atom stereocenters. The highest BCUT2D eigenvalue weighted by Gasteiger charge is 2.39. The van der Waals surface area contributed by atoms with Gasteiger partial charge in [-0.05, 0) is 32.4 Å². The van der Waals surface area contributed by atoms with Gasteiger partial charge >= 0.3 is 0 Å². The van der Waals surface area contributed by atoms with Gasteiger partial charge in [0.25, 0.3) is 0 Å². The zero-order chi connectivity index (χ0) is 16.3. The molecule has 1 aromatic carbocycles. The number of Topliss-reactive ketones (excluding diaryl/α,β-unsaturated/α-hetero) is 1. The second-order valence-electron chi connectivity index (χ2n) is 6.14. The largest absolute Gasteiger partial charge is 0.380 e. The maximum atomic E-state index is 12.7. The van der Waals surface area contributed by atoms with Crippen LogP contribution in [0.5, 0.6) is 0 Å². The van der Waals surface area contributed by atoms with E-state index in [9.17, 15) is 9.90 Å². The maximum Gasteiger partial charge on any atom is 0.233 e. The number of hydrogen-bond donors (Lipinski definition) is 1. The molecule has 122 valence electrons. The number of nitrogens with zero attached hydrogens (tertiary/aromatic N) is 2. The number of ketones is 1. The molecule has 0 radical (unpaired) electrons. The van der Waals surface area contributed by atoms with Gasteiger partial charge in [0.1, 0.15) is 11.3 Å². The Morgan fingerprint density at radius 2 is 2.00 bits per heavy atom. The van der Waals surface area contributed by atoms with E-state index in [1.165, 1.54) is 0 Å². The number of carbonyl (C=O) groups is 1. The van der Waals surface area contributed by atoms with Gasteiger partial charge in [-0.3, -0.25) is 9.69 Å². The van der Waals surface area contributed by atoms with E-state index in [-0.39, 0.29) is 11.5 Å². The lowest BCUT2D eigenvalue weighted by Crippen LogP contribution is -2.48. The fraction of sp³-hybridized carbons (Fsp3) is 0.444. The Labute approximate surface area is 135 Å². The van der Waals surface area contributed by atoms with Crippen LogP contribution in [0.25, 0.3) is 11.3 Å². The molecule has 1 saturated heterocycles. The minimum absolute atomic E-state index is 0.118. The summed E-state index contributed by atoms with van der Waals surface area (Å²) in [5.74, 6) is -0.269. The predicted molar refractivity (Wildman–Crippen MR) is 87.2 cm³/mol. The van der Waals surface area contributed by atoms with Crippen LogP contribution in [0.4, 0.5) is 0 Å². The molecule has 5 heteroatoms. The summed E-state index contributed by atoms with van der Waals surface area (Å²) in [6.07, 6.45) is 2.59. The van der Waals surface area contributed by atoms with Crippen molar-refractivity contribution >= 4 is 5.78 Å². The van der Waals surface area contributed by atoms with Gasteiger partial charge in [0.05, 0.1) is 0 Å². The smallest absolute Gasteiger partial charge is 0.233 e. The lowest BCUT2D eigenvalue weighted by atomic mass is 9.92. The van der Waals surface area contributed by atoms with E-state index in [1.54, 1.807) is 6.07 Å². The Hall–Kier alpha value is -1.98. The average molecular weight is 314 g/mol. The van der Waals surface area contributed by atoms with Crippen molar-refractivity contribution in [2.24, 2.45) is 0 Å². The van der Waals surface area contributed by atoms with Crippen LogP contribution in [0.3, 0.4) is 0 Å². The number of rotatable bonds is 6. The van der Waals surface area contributed by atoms with E-state index >= 15 is 0 Å². The van der Waals surface area contributed by atoms with Crippen LogP contribution in [0.2, 0.25) is 0 Å². The van der Waals surface area contributed by atoms with E-state index < -0.39 is 5.60 Å². The highest BCUT2D eigenvalue weighted by molar-refractivity contribution is 6.00. The molecule has 2 aromatic rings. The molecule has 23 heavy (non-hydrogen) atoms. The Kier molecular flexibility index (Phi) is 4.59. The van der Waals surface area contributed by atoms with E-state index in [0.29, 0.717) is 18.7 Å². The highest BCUT2D eigenvalue weighted by Crippen LogP contribution is 2.25. The van der Waals surface area contributed by atoms with Gasteiger partial charge in [0.15, 0.2) is 0 Å². The SMILES string of the molecule is CCC(O)(CN1CCCC1)C(=O)c1cc(-c2ccccc2)no1. The molecule has 0 bridgehead atoms. The topological polar surface area (TPSA) is 66.6 Å². The Morgan fingerprint density at radius 1 is 1.30 bits per heavy atom. The summed E-state index contributed by atoms with van der Waals surface area (Å²) in [4.78, 5) is 14.9. The van der Waals surface area contributed by atoms with Crippen molar-refractivity contribution in [3.8, 4) is 11.3 Å². The third kappa shape index (κ3) is 3.35. The quantitative estimate of drug-likeness (QED) is 0.831. The summed E-state index contributed by atoms with van der Waals surface area (Å²) in [5, 5.41) is 14.8. The van der Waals surface area contributed by atoms with Crippen LogP contribution in [0, 0.1) is 0 Å². The van der Waals surface area contributed by atoms with Crippen LogP contribution in [0.1, 0.15) is 36.7 Å². The molecule has 1 fully saturated rings. The zero-order valence-electron chi connectivity index (χ0n) is 13.4. The summed E-state index contributed by atoms with van der Waals surface area (Å²) < 4.78 is 5.22. The van der Waals surface area contributed by atoms with Crippen molar-refractivity contribution < 1.29 is 14.4 Å². The first-order valence-electron chi connectivity index (χ1n) is 8.14. The normalized spacial score (nSPS) is 18.0. The van der Waals surface area contributed by atoms with Gasteiger partial charge in [-0.1, -0.05) is 42.4 Å². The number of benzene rings is 1. The summed E-state index contributed by atoms with van der Waals surface area (Å²) >= 11 is 0. The molecule has 1 unspecified atom stereocenters. The van der Waals surface area contributed by atoms with E-state index in [1.807, 2.05) is 37.3 Å². The zero-order valence-corrected chi connectivity index (χ0v) is 13.4. The second kappa shape index (κ2) is 6.64. The monoisotopic (exact) mass is 314 g/mol. The van der Waals surface area contributed by atoms with Crippen molar-refractivity contribution in [1.82, 2.24) is 10.1 Å². The lowest BCUT2D eigenvalue weighted by Gasteiger charge is -2.29. The number of aliphatic hydroxyl groups is 1. The molecule has 0 aliphatic carbocycles.